The number of piperazine rings is 1. The molecule has 25 heavy (non-hydrogen) atoms. The van der Waals surface area contributed by atoms with Crippen LogP contribution in [0.5, 0.6) is 0 Å². The topological polar surface area (TPSA) is 61.6 Å². The smallest absolute Gasteiger partial charge is 0.237 e. The van der Waals surface area contributed by atoms with E-state index in [1.807, 2.05) is 13.8 Å². The molecule has 1 saturated heterocycles. The van der Waals surface area contributed by atoms with Gasteiger partial charge in [-0.25, -0.2) is 0 Å². The predicted molar refractivity (Wildman–Crippen MR) is 106 cm³/mol. The number of carbonyl (C=O) groups is 1. The first-order chi connectivity index (χ1) is 11.5. The average molecular weight is 369 g/mol. The predicted octanol–water partition coefficient (Wildman–Crippen LogP) is 1.85. The number of carbonyl (C=O) groups excluding carboxylic acids is 1. The largest absolute Gasteiger partial charge is 0.351 e. The third-order valence-electron chi connectivity index (χ3n) is 4.83. The Kier molecular flexibility index (Phi) is 9.43. The van der Waals surface area contributed by atoms with E-state index >= 15 is 0 Å². The van der Waals surface area contributed by atoms with Crippen molar-refractivity contribution in [2.24, 2.45) is 11.7 Å². The molecule has 1 atom stereocenters. The van der Waals surface area contributed by atoms with Gasteiger partial charge < -0.3 is 16.0 Å². The first kappa shape index (κ1) is 21.9. The van der Waals surface area contributed by atoms with Crippen LogP contribution in [0.4, 0.5) is 0 Å². The molecule has 0 unspecified atom stereocenters. The van der Waals surface area contributed by atoms with Gasteiger partial charge in [0.1, 0.15) is 0 Å². The molecule has 3 N–H and O–H groups in total. The Balaban J connectivity index is 0.00000312. The van der Waals surface area contributed by atoms with Crippen molar-refractivity contribution in [1.29, 1.82) is 0 Å². The minimum atomic E-state index is -0.439. The fourth-order valence-electron chi connectivity index (χ4n) is 2.89. The lowest BCUT2D eigenvalue weighted by atomic mass is 10.0. The van der Waals surface area contributed by atoms with E-state index in [0.717, 1.165) is 44.8 Å². The van der Waals surface area contributed by atoms with Gasteiger partial charge in [-0.2, -0.15) is 0 Å². The number of amides is 1. The highest BCUT2D eigenvalue weighted by Gasteiger charge is 2.17. The molecular formula is C19H33ClN4O. The van der Waals surface area contributed by atoms with Crippen LogP contribution in [0.1, 0.15) is 31.9 Å². The van der Waals surface area contributed by atoms with E-state index in [2.05, 4.69) is 46.3 Å². The van der Waals surface area contributed by atoms with E-state index in [-0.39, 0.29) is 24.2 Å². The first-order valence-corrected chi connectivity index (χ1v) is 9.05. The Bertz CT molecular complexity index is 513. The zero-order chi connectivity index (χ0) is 17.5. The summed E-state index contributed by atoms with van der Waals surface area (Å²) in [5.74, 6) is 0.0726. The van der Waals surface area contributed by atoms with E-state index in [1.165, 1.54) is 5.56 Å². The molecule has 0 saturated carbocycles. The molecule has 6 heteroatoms. The van der Waals surface area contributed by atoms with Gasteiger partial charge in [-0.3, -0.25) is 9.69 Å². The maximum atomic E-state index is 11.9. The van der Waals surface area contributed by atoms with Crippen LogP contribution in [-0.2, 0) is 17.9 Å². The van der Waals surface area contributed by atoms with Crippen LogP contribution in [-0.4, -0.2) is 54.5 Å². The number of hydrogen-bond acceptors (Lipinski definition) is 4. The molecule has 142 valence electrons. The van der Waals surface area contributed by atoms with E-state index in [0.29, 0.717) is 6.54 Å². The van der Waals surface area contributed by atoms with E-state index in [9.17, 15) is 4.79 Å². The van der Waals surface area contributed by atoms with Gasteiger partial charge in [0.15, 0.2) is 0 Å². The molecule has 1 heterocycles. The van der Waals surface area contributed by atoms with Crippen molar-refractivity contribution in [3.63, 3.8) is 0 Å². The highest BCUT2D eigenvalue weighted by Crippen LogP contribution is 2.10. The number of hydrogen-bond donors (Lipinski definition) is 2. The Hall–Kier alpha value is -1.14. The van der Waals surface area contributed by atoms with Crippen molar-refractivity contribution in [2.75, 3.05) is 32.7 Å². The number of halogens is 1. The summed E-state index contributed by atoms with van der Waals surface area (Å²) in [5, 5.41) is 2.91. The Morgan fingerprint density at radius 3 is 2.12 bits per heavy atom. The van der Waals surface area contributed by atoms with Gasteiger partial charge in [-0.15, -0.1) is 12.4 Å². The second kappa shape index (κ2) is 10.8. The summed E-state index contributed by atoms with van der Waals surface area (Å²) in [4.78, 5) is 16.9. The van der Waals surface area contributed by atoms with Crippen molar-refractivity contribution in [3.8, 4) is 0 Å². The lowest BCUT2D eigenvalue weighted by Gasteiger charge is -2.34. The van der Waals surface area contributed by atoms with E-state index < -0.39 is 6.04 Å². The van der Waals surface area contributed by atoms with E-state index in [4.69, 9.17) is 5.73 Å². The van der Waals surface area contributed by atoms with Gasteiger partial charge in [0.2, 0.25) is 5.91 Å². The molecule has 0 aromatic heterocycles. The number of nitrogens with zero attached hydrogens (tertiary/aromatic N) is 2. The Morgan fingerprint density at radius 2 is 1.60 bits per heavy atom. The van der Waals surface area contributed by atoms with Gasteiger partial charge in [-0.1, -0.05) is 45.0 Å². The summed E-state index contributed by atoms with van der Waals surface area (Å²) in [6, 6.07) is 8.08. The SMILES string of the molecule is CCN1CCN(Cc2ccc(CNC(=O)[C@@H](N)C(C)C)cc2)CC1.Cl. The second-order valence-corrected chi connectivity index (χ2v) is 7.01. The average Bonchev–Trinajstić information content (AvgIpc) is 2.60. The van der Waals surface area contributed by atoms with Gasteiger partial charge in [-0.05, 0) is 23.6 Å². The van der Waals surface area contributed by atoms with Gasteiger partial charge in [0.05, 0.1) is 6.04 Å². The van der Waals surface area contributed by atoms with Crippen LogP contribution < -0.4 is 11.1 Å². The molecule has 1 fully saturated rings. The van der Waals surface area contributed by atoms with Crippen molar-refractivity contribution in [1.82, 2.24) is 15.1 Å². The van der Waals surface area contributed by atoms with Gasteiger partial charge in [0, 0.05) is 39.3 Å². The fourth-order valence-corrected chi connectivity index (χ4v) is 2.89. The molecule has 0 bridgehead atoms. The van der Waals surface area contributed by atoms with Crippen molar-refractivity contribution in [3.05, 3.63) is 35.4 Å². The van der Waals surface area contributed by atoms with Crippen molar-refractivity contribution in [2.45, 2.75) is 39.9 Å². The highest BCUT2D eigenvalue weighted by atomic mass is 35.5. The van der Waals surface area contributed by atoms with Crippen molar-refractivity contribution >= 4 is 18.3 Å². The molecular weight excluding hydrogens is 336 g/mol. The molecule has 1 aliphatic rings. The monoisotopic (exact) mass is 368 g/mol. The van der Waals surface area contributed by atoms with Crippen LogP contribution in [0.2, 0.25) is 0 Å². The third kappa shape index (κ3) is 6.94. The minimum Gasteiger partial charge on any atom is -0.351 e. The van der Waals surface area contributed by atoms with Gasteiger partial charge >= 0.3 is 0 Å². The summed E-state index contributed by atoms with van der Waals surface area (Å²) in [6.07, 6.45) is 0. The fraction of sp³-hybridized carbons (Fsp3) is 0.632. The van der Waals surface area contributed by atoms with Crippen LogP contribution in [0, 0.1) is 5.92 Å². The number of likely N-dealkylation sites (N-methyl/N-ethyl adjacent to an activating group) is 1. The molecule has 1 aliphatic heterocycles. The zero-order valence-electron chi connectivity index (χ0n) is 15.7. The molecule has 0 radical (unpaired) electrons. The molecule has 0 aliphatic carbocycles. The minimum absolute atomic E-state index is 0. The molecule has 1 amide bonds. The quantitative estimate of drug-likeness (QED) is 0.771. The number of rotatable bonds is 7. The summed E-state index contributed by atoms with van der Waals surface area (Å²) in [5.41, 5.74) is 8.29. The molecule has 0 spiro atoms. The van der Waals surface area contributed by atoms with E-state index in [1.54, 1.807) is 0 Å². The van der Waals surface area contributed by atoms with Crippen LogP contribution in [0.3, 0.4) is 0 Å². The molecule has 1 aromatic carbocycles. The molecule has 2 rings (SSSR count). The number of nitrogens with two attached hydrogens (primary N) is 1. The summed E-state index contributed by atoms with van der Waals surface area (Å²) in [7, 11) is 0. The Labute approximate surface area is 158 Å². The highest BCUT2D eigenvalue weighted by molar-refractivity contribution is 5.85. The maximum Gasteiger partial charge on any atom is 0.237 e. The normalized spacial score (nSPS) is 17.2. The summed E-state index contributed by atoms with van der Waals surface area (Å²) < 4.78 is 0. The summed E-state index contributed by atoms with van der Waals surface area (Å²) >= 11 is 0. The van der Waals surface area contributed by atoms with Crippen LogP contribution in [0.15, 0.2) is 24.3 Å². The number of nitrogens with one attached hydrogen (secondary N) is 1. The lowest BCUT2D eigenvalue weighted by molar-refractivity contribution is -0.123. The summed E-state index contributed by atoms with van der Waals surface area (Å²) in [6.45, 7) is 13.4. The zero-order valence-corrected chi connectivity index (χ0v) is 16.5. The van der Waals surface area contributed by atoms with Crippen LogP contribution >= 0.6 is 12.4 Å². The van der Waals surface area contributed by atoms with Gasteiger partial charge in [0.25, 0.3) is 0 Å². The van der Waals surface area contributed by atoms with Crippen LogP contribution in [0.25, 0.3) is 0 Å². The van der Waals surface area contributed by atoms with Crippen molar-refractivity contribution < 1.29 is 4.79 Å². The maximum absolute atomic E-state index is 11.9. The molecule has 1 aromatic rings. The number of benzene rings is 1. The lowest BCUT2D eigenvalue weighted by Crippen LogP contribution is -2.45. The second-order valence-electron chi connectivity index (χ2n) is 7.01. The Morgan fingerprint density at radius 1 is 1.08 bits per heavy atom. The third-order valence-corrected chi connectivity index (χ3v) is 4.83. The standard InChI is InChI=1S/C19H32N4O.ClH/c1-4-22-9-11-23(12-10-22)14-17-7-5-16(6-8-17)13-21-19(24)18(20)15(2)3;/h5-8,15,18H,4,9-14,20H2,1-3H3,(H,21,24);1H/t18-;/m0./s1. The molecule has 5 nitrogen and oxygen atoms in total. The first-order valence-electron chi connectivity index (χ1n) is 9.05.